The zero-order chi connectivity index (χ0) is 21.3. The number of ether oxygens (including phenoxy) is 1. The number of hydrogen-bond donors (Lipinski definition) is 1. The molecule has 0 atom stereocenters. The molecular weight excluding hydrogens is 380 g/mol. The number of hydrogen-bond acceptors (Lipinski definition) is 4. The summed E-state index contributed by atoms with van der Waals surface area (Å²) in [4.78, 5) is 38.6. The Balaban J connectivity index is 1.57. The van der Waals surface area contributed by atoms with Crippen molar-refractivity contribution in [3.8, 4) is 5.75 Å². The molecule has 1 saturated heterocycles. The van der Waals surface area contributed by atoms with E-state index in [1.807, 2.05) is 19.1 Å². The van der Waals surface area contributed by atoms with Crippen molar-refractivity contribution in [2.75, 3.05) is 19.6 Å². The van der Waals surface area contributed by atoms with Gasteiger partial charge in [0.05, 0.1) is 12.1 Å². The Morgan fingerprint density at radius 1 is 1.03 bits per heavy atom. The van der Waals surface area contributed by atoms with E-state index >= 15 is 0 Å². The Bertz CT molecular complexity index is 916. The van der Waals surface area contributed by atoms with Crippen LogP contribution in [0.15, 0.2) is 66.7 Å². The summed E-state index contributed by atoms with van der Waals surface area (Å²) in [6.45, 7) is 2.98. The number of allylic oxidation sites excluding steroid dienone is 1. The smallest absolute Gasteiger partial charge is 0.255 e. The van der Waals surface area contributed by atoms with E-state index in [2.05, 4.69) is 5.32 Å². The van der Waals surface area contributed by atoms with Crippen molar-refractivity contribution in [3.05, 3.63) is 77.9 Å². The summed E-state index contributed by atoms with van der Waals surface area (Å²) in [6.07, 6.45) is 4.64. The number of nitrogens with zero attached hydrogens (tertiary/aromatic N) is 1. The number of rotatable bonds is 7. The standard InChI is InChI=1S/C24H26N2O4/c1-2-8-23(28)26-15-13-19(14-16-26)30-22-12-7-6-11-20(22)24(29)25-17-21(27)18-9-4-3-5-10-18/h2-12,19H,13-17H2,1H3,(H,25,29). The van der Waals surface area contributed by atoms with E-state index in [1.165, 1.54) is 0 Å². The SMILES string of the molecule is CC=CC(=O)N1CCC(Oc2ccccc2C(=O)NCC(=O)c2ccccc2)CC1. The van der Waals surface area contributed by atoms with E-state index in [0.29, 0.717) is 42.8 Å². The first kappa shape index (κ1) is 21.3. The molecule has 1 fully saturated rings. The van der Waals surface area contributed by atoms with E-state index in [0.717, 1.165) is 0 Å². The van der Waals surface area contributed by atoms with Crippen LogP contribution in [0.4, 0.5) is 0 Å². The van der Waals surface area contributed by atoms with Gasteiger partial charge in [0.1, 0.15) is 11.9 Å². The summed E-state index contributed by atoms with van der Waals surface area (Å²) >= 11 is 0. The molecule has 30 heavy (non-hydrogen) atoms. The zero-order valence-corrected chi connectivity index (χ0v) is 17.0. The minimum absolute atomic E-state index is 0.0128. The molecule has 1 aliphatic heterocycles. The molecule has 0 aromatic heterocycles. The number of amides is 2. The molecule has 1 N–H and O–H groups in total. The average Bonchev–Trinajstić information content (AvgIpc) is 2.79. The van der Waals surface area contributed by atoms with Gasteiger partial charge in [0.2, 0.25) is 5.91 Å². The van der Waals surface area contributed by atoms with Gasteiger partial charge in [0.25, 0.3) is 5.91 Å². The normalized spacial score (nSPS) is 14.5. The van der Waals surface area contributed by atoms with Crippen molar-refractivity contribution in [3.63, 3.8) is 0 Å². The van der Waals surface area contributed by atoms with Crippen LogP contribution >= 0.6 is 0 Å². The first-order chi connectivity index (χ1) is 14.6. The fourth-order valence-electron chi connectivity index (χ4n) is 3.36. The number of Topliss-reactive ketones (excluding diaryl/α,β-unsaturated/α-hetero) is 1. The van der Waals surface area contributed by atoms with E-state index < -0.39 is 0 Å². The second-order valence-electron chi connectivity index (χ2n) is 7.11. The molecular formula is C24H26N2O4. The molecule has 2 aromatic carbocycles. The predicted molar refractivity (Wildman–Crippen MR) is 115 cm³/mol. The quantitative estimate of drug-likeness (QED) is 0.566. The van der Waals surface area contributed by atoms with Gasteiger partial charge >= 0.3 is 0 Å². The van der Waals surface area contributed by atoms with Gasteiger partial charge in [-0.25, -0.2) is 0 Å². The van der Waals surface area contributed by atoms with Gasteiger partial charge in [-0.05, 0) is 25.1 Å². The molecule has 0 aliphatic carbocycles. The van der Waals surface area contributed by atoms with Gasteiger partial charge in [-0.3, -0.25) is 14.4 Å². The van der Waals surface area contributed by atoms with Gasteiger partial charge < -0.3 is 15.0 Å². The van der Waals surface area contributed by atoms with Gasteiger partial charge in [0.15, 0.2) is 5.78 Å². The highest BCUT2D eigenvalue weighted by Gasteiger charge is 2.24. The van der Waals surface area contributed by atoms with Crippen LogP contribution in [-0.4, -0.2) is 48.2 Å². The van der Waals surface area contributed by atoms with E-state index in [4.69, 9.17) is 4.74 Å². The van der Waals surface area contributed by atoms with Crippen molar-refractivity contribution < 1.29 is 19.1 Å². The van der Waals surface area contributed by atoms with E-state index in [-0.39, 0.29) is 30.2 Å². The third-order valence-electron chi connectivity index (χ3n) is 4.99. The van der Waals surface area contributed by atoms with Crippen LogP contribution in [0.25, 0.3) is 0 Å². The fourth-order valence-corrected chi connectivity index (χ4v) is 3.36. The number of piperidine rings is 1. The summed E-state index contributed by atoms with van der Waals surface area (Å²) in [6, 6.07) is 15.9. The molecule has 2 aromatic rings. The van der Waals surface area contributed by atoms with Crippen LogP contribution in [0.2, 0.25) is 0 Å². The van der Waals surface area contributed by atoms with Gasteiger partial charge in [-0.1, -0.05) is 48.5 Å². The maximum Gasteiger partial charge on any atom is 0.255 e. The summed E-state index contributed by atoms with van der Waals surface area (Å²) in [5.74, 6) is -0.00435. The monoisotopic (exact) mass is 406 g/mol. The first-order valence-corrected chi connectivity index (χ1v) is 10.1. The van der Waals surface area contributed by atoms with E-state index in [1.54, 1.807) is 59.5 Å². The van der Waals surface area contributed by atoms with Crippen molar-refractivity contribution in [1.29, 1.82) is 0 Å². The van der Waals surface area contributed by atoms with Crippen LogP contribution in [0.3, 0.4) is 0 Å². The summed E-state index contributed by atoms with van der Waals surface area (Å²) < 4.78 is 6.09. The van der Waals surface area contributed by atoms with Crippen LogP contribution in [-0.2, 0) is 4.79 Å². The van der Waals surface area contributed by atoms with E-state index in [9.17, 15) is 14.4 Å². The lowest BCUT2D eigenvalue weighted by molar-refractivity contribution is -0.127. The second-order valence-corrected chi connectivity index (χ2v) is 7.11. The highest BCUT2D eigenvalue weighted by atomic mass is 16.5. The molecule has 0 bridgehead atoms. The third-order valence-corrected chi connectivity index (χ3v) is 4.99. The van der Waals surface area contributed by atoms with Crippen molar-refractivity contribution in [1.82, 2.24) is 10.2 Å². The minimum atomic E-state index is -0.351. The van der Waals surface area contributed by atoms with Gasteiger partial charge in [0, 0.05) is 31.5 Å². The van der Waals surface area contributed by atoms with Crippen LogP contribution in [0, 0.1) is 0 Å². The summed E-state index contributed by atoms with van der Waals surface area (Å²) in [5.41, 5.74) is 0.951. The molecule has 156 valence electrons. The number of carbonyl (C=O) groups is 3. The Morgan fingerprint density at radius 2 is 1.70 bits per heavy atom. The van der Waals surface area contributed by atoms with Gasteiger partial charge in [-0.2, -0.15) is 0 Å². The molecule has 0 saturated carbocycles. The molecule has 1 aliphatic rings. The molecule has 3 rings (SSSR count). The molecule has 0 radical (unpaired) electrons. The number of ketones is 1. The molecule has 1 heterocycles. The zero-order valence-electron chi connectivity index (χ0n) is 17.0. The number of nitrogens with one attached hydrogen (secondary N) is 1. The Kier molecular flexibility index (Phi) is 7.38. The first-order valence-electron chi connectivity index (χ1n) is 10.1. The average molecular weight is 406 g/mol. The molecule has 0 unspecified atom stereocenters. The summed E-state index contributed by atoms with van der Waals surface area (Å²) in [7, 11) is 0. The Morgan fingerprint density at radius 3 is 2.40 bits per heavy atom. The lowest BCUT2D eigenvalue weighted by Crippen LogP contribution is -2.41. The van der Waals surface area contributed by atoms with Crippen LogP contribution in [0.1, 0.15) is 40.5 Å². The Hall–Kier alpha value is -3.41. The molecule has 2 amide bonds. The highest BCUT2D eigenvalue weighted by Crippen LogP contribution is 2.23. The highest BCUT2D eigenvalue weighted by molar-refractivity contribution is 6.03. The predicted octanol–water partition coefficient (Wildman–Crippen LogP) is 3.25. The number of benzene rings is 2. The number of carbonyl (C=O) groups excluding carboxylic acids is 3. The van der Waals surface area contributed by atoms with Crippen molar-refractivity contribution in [2.24, 2.45) is 0 Å². The topological polar surface area (TPSA) is 75.7 Å². The Labute approximate surface area is 176 Å². The van der Waals surface area contributed by atoms with Crippen LogP contribution in [0.5, 0.6) is 5.75 Å². The molecule has 6 nitrogen and oxygen atoms in total. The van der Waals surface area contributed by atoms with Crippen LogP contribution < -0.4 is 10.1 Å². The third kappa shape index (κ3) is 5.56. The molecule has 6 heteroatoms. The summed E-state index contributed by atoms with van der Waals surface area (Å²) in [5, 5.41) is 2.68. The van der Waals surface area contributed by atoms with Crippen molar-refractivity contribution >= 4 is 17.6 Å². The lowest BCUT2D eigenvalue weighted by atomic mass is 10.1. The maximum absolute atomic E-state index is 12.7. The largest absolute Gasteiger partial charge is 0.489 e. The number of para-hydroxylation sites is 1. The second kappa shape index (κ2) is 10.4. The maximum atomic E-state index is 12.7. The fraction of sp³-hybridized carbons (Fsp3) is 0.292. The van der Waals surface area contributed by atoms with Gasteiger partial charge in [-0.15, -0.1) is 0 Å². The minimum Gasteiger partial charge on any atom is -0.489 e. The molecule has 0 spiro atoms. The van der Waals surface area contributed by atoms with Crippen molar-refractivity contribution in [2.45, 2.75) is 25.9 Å². The lowest BCUT2D eigenvalue weighted by Gasteiger charge is -2.32. The number of likely N-dealkylation sites (tertiary alicyclic amines) is 1.